The average Bonchev–Trinajstić information content (AvgIpc) is 2.30. The lowest BCUT2D eigenvalue weighted by Crippen LogP contribution is -2.58. The molecule has 0 aromatic heterocycles. The molecule has 0 saturated carbocycles. The lowest BCUT2D eigenvalue weighted by atomic mass is 10.1. The number of benzene rings is 1. The van der Waals surface area contributed by atoms with E-state index in [0.717, 1.165) is 0 Å². The SMILES string of the molecule is O=C1NC(=O)C(C(=S)Nc2ccc(Cl)cc2)C(=O)N1. The number of hydrogen-bond acceptors (Lipinski definition) is 4. The summed E-state index contributed by atoms with van der Waals surface area (Å²) in [7, 11) is 0. The Morgan fingerprint density at radius 2 is 1.63 bits per heavy atom. The summed E-state index contributed by atoms with van der Waals surface area (Å²) >= 11 is 10.7. The molecule has 4 amide bonds. The van der Waals surface area contributed by atoms with Gasteiger partial charge in [-0.25, -0.2) is 4.79 Å². The molecular weight excluding hydrogens is 290 g/mol. The van der Waals surface area contributed by atoms with Crippen LogP contribution in [0, 0.1) is 5.92 Å². The molecule has 98 valence electrons. The van der Waals surface area contributed by atoms with Gasteiger partial charge in [-0.05, 0) is 24.3 Å². The predicted octanol–water partition coefficient (Wildman–Crippen LogP) is 1.06. The van der Waals surface area contributed by atoms with Crippen LogP contribution in [0.25, 0.3) is 0 Å². The van der Waals surface area contributed by atoms with E-state index >= 15 is 0 Å². The van der Waals surface area contributed by atoms with Crippen LogP contribution >= 0.6 is 23.8 Å². The number of rotatable bonds is 2. The van der Waals surface area contributed by atoms with Gasteiger partial charge in [-0.2, -0.15) is 0 Å². The Morgan fingerprint density at radius 3 is 2.16 bits per heavy atom. The maximum absolute atomic E-state index is 11.6. The number of anilines is 1. The Balaban J connectivity index is 2.11. The van der Waals surface area contributed by atoms with E-state index in [4.69, 9.17) is 23.8 Å². The maximum atomic E-state index is 11.6. The molecule has 1 heterocycles. The number of halogens is 1. The number of barbiturate groups is 1. The number of urea groups is 1. The zero-order valence-electron chi connectivity index (χ0n) is 9.40. The largest absolute Gasteiger partial charge is 0.349 e. The quantitative estimate of drug-likeness (QED) is 0.561. The lowest BCUT2D eigenvalue weighted by molar-refractivity contribution is -0.132. The summed E-state index contributed by atoms with van der Waals surface area (Å²) in [5.41, 5.74) is 0.590. The molecule has 1 saturated heterocycles. The fourth-order valence-electron chi connectivity index (χ4n) is 1.50. The van der Waals surface area contributed by atoms with Crippen molar-refractivity contribution in [1.29, 1.82) is 0 Å². The van der Waals surface area contributed by atoms with Crippen molar-refractivity contribution in [2.24, 2.45) is 5.92 Å². The summed E-state index contributed by atoms with van der Waals surface area (Å²) in [6.45, 7) is 0. The molecule has 0 bridgehead atoms. The fraction of sp³-hybridized carbons (Fsp3) is 0.0909. The maximum Gasteiger partial charge on any atom is 0.328 e. The first-order chi connectivity index (χ1) is 8.97. The summed E-state index contributed by atoms with van der Waals surface area (Å²) in [4.78, 5) is 34.0. The van der Waals surface area contributed by atoms with Gasteiger partial charge in [0.2, 0.25) is 11.8 Å². The van der Waals surface area contributed by atoms with E-state index in [1.165, 1.54) is 0 Å². The molecule has 2 rings (SSSR count). The molecule has 1 aliphatic rings. The summed E-state index contributed by atoms with van der Waals surface area (Å²) in [5, 5.41) is 7.26. The molecule has 0 spiro atoms. The van der Waals surface area contributed by atoms with Gasteiger partial charge in [0.25, 0.3) is 0 Å². The first kappa shape index (κ1) is 13.4. The van der Waals surface area contributed by atoms with E-state index < -0.39 is 23.8 Å². The minimum absolute atomic E-state index is 0.00447. The number of carbonyl (C=O) groups is 3. The monoisotopic (exact) mass is 297 g/mol. The highest BCUT2D eigenvalue weighted by molar-refractivity contribution is 7.80. The van der Waals surface area contributed by atoms with E-state index in [1.807, 2.05) is 10.6 Å². The molecule has 3 N–H and O–H groups in total. The van der Waals surface area contributed by atoms with Crippen molar-refractivity contribution >= 4 is 52.3 Å². The van der Waals surface area contributed by atoms with Crippen LogP contribution in [-0.2, 0) is 9.59 Å². The first-order valence-electron chi connectivity index (χ1n) is 5.19. The van der Waals surface area contributed by atoms with Crippen LogP contribution in [-0.4, -0.2) is 22.8 Å². The van der Waals surface area contributed by atoms with Gasteiger partial charge in [-0.15, -0.1) is 0 Å². The number of carbonyl (C=O) groups excluding carboxylic acids is 3. The number of imide groups is 2. The summed E-state index contributed by atoms with van der Waals surface area (Å²) in [5.74, 6) is -2.73. The molecule has 1 fully saturated rings. The highest BCUT2D eigenvalue weighted by Crippen LogP contribution is 2.15. The van der Waals surface area contributed by atoms with Crippen molar-refractivity contribution in [3.8, 4) is 0 Å². The van der Waals surface area contributed by atoms with Gasteiger partial charge < -0.3 is 5.32 Å². The van der Waals surface area contributed by atoms with Gasteiger partial charge in [-0.3, -0.25) is 20.2 Å². The highest BCUT2D eigenvalue weighted by atomic mass is 35.5. The van der Waals surface area contributed by atoms with Gasteiger partial charge in [0.05, 0.1) is 0 Å². The molecule has 0 aliphatic carbocycles. The number of thiocarbonyl (C=S) groups is 1. The van der Waals surface area contributed by atoms with E-state index in [0.29, 0.717) is 10.7 Å². The molecule has 1 aromatic rings. The van der Waals surface area contributed by atoms with E-state index in [-0.39, 0.29) is 4.99 Å². The smallest absolute Gasteiger partial charge is 0.328 e. The number of nitrogens with one attached hydrogen (secondary N) is 3. The zero-order chi connectivity index (χ0) is 14.0. The predicted molar refractivity (Wildman–Crippen MR) is 72.8 cm³/mol. The van der Waals surface area contributed by atoms with Gasteiger partial charge in [0.15, 0.2) is 5.92 Å². The zero-order valence-corrected chi connectivity index (χ0v) is 11.0. The van der Waals surface area contributed by atoms with Crippen molar-refractivity contribution in [3.63, 3.8) is 0 Å². The van der Waals surface area contributed by atoms with Crippen LogP contribution < -0.4 is 16.0 Å². The molecular formula is C11H8ClN3O3S. The molecule has 8 heteroatoms. The topological polar surface area (TPSA) is 87.3 Å². The third-order valence-corrected chi connectivity index (χ3v) is 2.96. The lowest BCUT2D eigenvalue weighted by Gasteiger charge is -2.21. The minimum Gasteiger partial charge on any atom is -0.349 e. The van der Waals surface area contributed by atoms with Crippen LogP contribution in [0.2, 0.25) is 5.02 Å². The Hall–Kier alpha value is -1.99. The summed E-state index contributed by atoms with van der Waals surface area (Å²) in [6.07, 6.45) is 0. The van der Waals surface area contributed by atoms with Crippen LogP contribution in [0.15, 0.2) is 24.3 Å². The van der Waals surface area contributed by atoms with Crippen molar-refractivity contribution in [3.05, 3.63) is 29.3 Å². The van der Waals surface area contributed by atoms with Crippen molar-refractivity contribution in [2.45, 2.75) is 0 Å². The van der Waals surface area contributed by atoms with Gasteiger partial charge in [0, 0.05) is 10.7 Å². The Bertz CT molecular complexity index is 553. The van der Waals surface area contributed by atoms with Crippen molar-refractivity contribution < 1.29 is 14.4 Å². The van der Waals surface area contributed by atoms with E-state index in [2.05, 4.69) is 5.32 Å². The minimum atomic E-state index is -1.23. The normalized spacial score (nSPS) is 15.7. The molecule has 19 heavy (non-hydrogen) atoms. The van der Waals surface area contributed by atoms with Crippen molar-refractivity contribution in [1.82, 2.24) is 10.6 Å². The second-order valence-corrected chi connectivity index (χ2v) is 4.61. The second kappa shape index (κ2) is 5.33. The standard InChI is InChI=1S/C11H8ClN3O3S/c12-5-1-3-6(4-2-5)13-10(19)7-8(16)14-11(18)15-9(7)17/h1-4,7H,(H,13,19)(H2,14,15,16,17,18). The molecule has 0 radical (unpaired) electrons. The third kappa shape index (κ3) is 3.07. The second-order valence-electron chi connectivity index (χ2n) is 3.74. The molecule has 1 aliphatic heterocycles. The van der Waals surface area contributed by atoms with Crippen LogP contribution in [0.3, 0.4) is 0 Å². The Kier molecular flexibility index (Phi) is 3.77. The van der Waals surface area contributed by atoms with Crippen molar-refractivity contribution in [2.75, 3.05) is 5.32 Å². The van der Waals surface area contributed by atoms with E-state index in [1.54, 1.807) is 24.3 Å². The Labute approximate surface area is 118 Å². The fourth-order valence-corrected chi connectivity index (χ4v) is 1.96. The number of amides is 4. The van der Waals surface area contributed by atoms with Gasteiger partial charge in [0.1, 0.15) is 4.99 Å². The molecule has 0 atom stereocenters. The Morgan fingerprint density at radius 1 is 1.11 bits per heavy atom. The van der Waals surface area contributed by atoms with Crippen LogP contribution in [0.5, 0.6) is 0 Å². The molecule has 1 aromatic carbocycles. The highest BCUT2D eigenvalue weighted by Gasteiger charge is 2.37. The van der Waals surface area contributed by atoms with E-state index in [9.17, 15) is 14.4 Å². The summed E-state index contributed by atoms with van der Waals surface area (Å²) < 4.78 is 0. The van der Waals surface area contributed by atoms with Gasteiger partial charge in [-0.1, -0.05) is 23.8 Å². The molecule has 6 nitrogen and oxygen atoms in total. The number of hydrogen-bond donors (Lipinski definition) is 3. The summed E-state index contributed by atoms with van der Waals surface area (Å²) in [6, 6.07) is 5.73. The average molecular weight is 298 g/mol. The first-order valence-corrected chi connectivity index (χ1v) is 5.98. The van der Waals surface area contributed by atoms with Crippen LogP contribution in [0.4, 0.5) is 10.5 Å². The molecule has 0 unspecified atom stereocenters. The van der Waals surface area contributed by atoms with Crippen LogP contribution in [0.1, 0.15) is 0 Å². The third-order valence-electron chi connectivity index (χ3n) is 2.37. The van der Waals surface area contributed by atoms with Gasteiger partial charge >= 0.3 is 6.03 Å².